The Hall–Kier alpha value is -0.810. The van der Waals surface area contributed by atoms with Crippen LogP contribution in [0.25, 0.3) is 0 Å². The van der Waals surface area contributed by atoms with Crippen LogP contribution in [0.1, 0.15) is 6.92 Å². The molecule has 0 aliphatic rings. The first-order valence-corrected chi connectivity index (χ1v) is 3.95. The fraction of sp³-hybridized carbons (Fsp3) is 0.875. The predicted molar refractivity (Wildman–Crippen MR) is 46.9 cm³/mol. The molecule has 0 aliphatic heterocycles. The average Bonchev–Trinajstić information content (AvgIpc) is 2.05. The van der Waals surface area contributed by atoms with E-state index in [0.717, 1.165) is 24.9 Å². The van der Waals surface area contributed by atoms with Crippen LogP contribution in [0, 0.1) is 0 Å². The molecule has 0 fully saturated rings. The highest BCUT2D eigenvalue weighted by Crippen LogP contribution is 1.93. The topological polar surface area (TPSA) is 58.6 Å². The van der Waals surface area contributed by atoms with Gasteiger partial charge in [-0.3, -0.25) is 0 Å². The summed E-state index contributed by atoms with van der Waals surface area (Å²) in [5.74, 6) is 0. The number of carbonyl (C=O) groups is 1. The summed E-state index contributed by atoms with van der Waals surface area (Å²) in [6.07, 6.45) is -1.50. The number of carboxylic acid groups (broad SMARTS) is 1. The molecule has 5 heteroatoms. The maximum Gasteiger partial charge on any atom is 0.251 e. The van der Waals surface area contributed by atoms with Gasteiger partial charge in [0.1, 0.15) is 0 Å². The second kappa shape index (κ2) is 7.82. The Balaban J connectivity index is 0. The molecule has 0 saturated carbocycles. The first-order valence-electron chi connectivity index (χ1n) is 3.95. The van der Waals surface area contributed by atoms with Crippen LogP contribution in [0.2, 0.25) is 0 Å². The lowest BCUT2D eigenvalue weighted by molar-refractivity contribution is -0.907. The van der Waals surface area contributed by atoms with E-state index in [1.165, 1.54) is 0 Å². The van der Waals surface area contributed by atoms with Crippen molar-refractivity contribution in [1.29, 1.82) is 0 Å². The van der Waals surface area contributed by atoms with Crippen LogP contribution in [0.3, 0.4) is 0 Å². The van der Waals surface area contributed by atoms with Gasteiger partial charge in [0, 0.05) is 14.2 Å². The molecule has 0 aromatic heterocycles. The number of hydrogen-bond donors (Lipinski definition) is 0. The third-order valence-corrected chi connectivity index (χ3v) is 1.50. The third kappa shape index (κ3) is 14.1. The molecule has 0 aliphatic carbocycles. The van der Waals surface area contributed by atoms with E-state index < -0.39 is 6.16 Å². The lowest BCUT2D eigenvalue weighted by Gasteiger charge is -2.26. The van der Waals surface area contributed by atoms with Gasteiger partial charge in [0.05, 0.1) is 20.6 Å². The number of ether oxygens (including phenoxy) is 2. The van der Waals surface area contributed by atoms with Gasteiger partial charge in [0.15, 0.2) is 6.73 Å². The van der Waals surface area contributed by atoms with Crippen molar-refractivity contribution in [2.24, 2.45) is 0 Å². The van der Waals surface area contributed by atoms with Crippen molar-refractivity contribution in [3.63, 3.8) is 0 Å². The number of nitrogens with zero attached hydrogens (tertiary/aromatic N) is 1. The molecular formula is C8H19NO4. The van der Waals surface area contributed by atoms with Crippen LogP contribution >= 0.6 is 0 Å². The minimum absolute atomic E-state index is 0.802. The molecule has 0 atom stereocenters. The molecule has 0 saturated heterocycles. The zero-order valence-corrected chi connectivity index (χ0v) is 8.99. The Morgan fingerprint density at radius 3 is 1.85 bits per heavy atom. The van der Waals surface area contributed by atoms with E-state index in [1.807, 2.05) is 0 Å². The van der Waals surface area contributed by atoms with Gasteiger partial charge in [-0.1, -0.05) is 0 Å². The van der Waals surface area contributed by atoms with E-state index in [4.69, 9.17) is 14.6 Å². The maximum atomic E-state index is 9.03. The van der Waals surface area contributed by atoms with Gasteiger partial charge < -0.3 is 23.9 Å². The van der Waals surface area contributed by atoms with Crippen molar-refractivity contribution < 1.29 is 23.9 Å². The van der Waals surface area contributed by atoms with Gasteiger partial charge in [0.25, 0.3) is 6.16 Å². The summed E-state index contributed by atoms with van der Waals surface area (Å²) in [5.41, 5.74) is 0. The summed E-state index contributed by atoms with van der Waals surface area (Å²) >= 11 is 0. The highest BCUT2D eigenvalue weighted by atomic mass is 16.6. The molecule has 0 rings (SSSR count). The van der Waals surface area contributed by atoms with Crippen molar-refractivity contribution in [3.8, 4) is 0 Å². The van der Waals surface area contributed by atoms with Gasteiger partial charge in [-0.05, 0) is 6.92 Å². The van der Waals surface area contributed by atoms with Crippen molar-refractivity contribution in [2.75, 3.05) is 41.6 Å². The van der Waals surface area contributed by atoms with Gasteiger partial charge >= 0.3 is 0 Å². The second-order valence-corrected chi connectivity index (χ2v) is 3.12. The SMILES string of the molecule is CC[N+](C)(C)COC.COC(=O)[O-]. The average molecular weight is 193 g/mol. The molecule has 0 N–H and O–H groups in total. The Kier molecular flexibility index (Phi) is 8.84. The van der Waals surface area contributed by atoms with Crippen LogP contribution in [0.15, 0.2) is 0 Å². The van der Waals surface area contributed by atoms with Gasteiger partial charge in [0.2, 0.25) is 0 Å². The molecule has 5 nitrogen and oxygen atoms in total. The second-order valence-electron chi connectivity index (χ2n) is 3.12. The monoisotopic (exact) mass is 193 g/mol. The first-order chi connectivity index (χ1) is 5.89. The minimum atomic E-state index is -1.50. The largest absolute Gasteiger partial charge is 0.553 e. The van der Waals surface area contributed by atoms with Crippen molar-refractivity contribution in [3.05, 3.63) is 0 Å². The third-order valence-electron chi connectivity index (χ3n) is 1.50. The van der Waals surface area contributed by atoms with Crippen LogP contribution in [-0.2, 0) is 9.47 Å². The van der Waals surface area contributed by atoms with E-state index in [2.05, 4.69) is 25.8 Å². The molecule has 0 aromatic carbocycles. The van der Waals surface area contributed by atoms with Crippen LogP contribution < -0.4 is 5.11 Å². The molecule has 0 aromatic rings. The van der Waals surface area contributed by atoms with Crippen molar-refractivity contribution in [1.82, 2.24) is 0 Å². The fourth-order valence-corrected chi connectivity index (χ4v) is 0.441. The molecule has 13 heavy (non-hydrogen) atoms. The van der Waals surface area contributed by atoms with E-state index in [1.54, 1.807) is 7.11 Å². The summed E-state index contributed by atoms with van der Waals surface area (Å²) in [6.45, 7) is 4.07. The van der Waals surface area contributed by atoms with E-state index >= 15 is 0 Å². The highest BCUT2D eigenvalue weighted by Gasteiger charge is 2.08. The molecule has 0 unspecified atom stereocenters. The van der Waals surface area contributed by atoms with Gasteiger partial charge in [-0.2, -0.15) is 0 Å². The summed E-state index contributed by atoms with van der Waals surface area (Å²) in [6, 6.07) is 0. The molecule has 80 valence electrons. The van der Waals surface area contributed by atoms with Crippen LogP contribution in [0.4, 0.5) is 4.79 Å². The van der Waals surface area contributed by atoms with Gasteiger partial charge in [-0.25, -0.2) is 0 Å². The smallest absolute Gasteiger partial charge is 0.251 e. The van der Waals surface area contributed by atoms with E-state index in [0.29, 0.717) is 0 Å². The zero-order chi connectivity index (χ0) is 10.9. The highest BCUT2D eigenvalue weighted by molar-refractivity contribution is 5.53. The minimum Gasteiger partial charge on any atom is -0.553 e. The Morgan fingerprint density at radius 1 is 1.38 bits per heavy atom. The number of methoxy groups -OCH3 is 2. The zero-order valence-electron chi connectivity index (χ0n) is 8.99. The maximum absolute atomic E-state index is 9.03. The summed E-state index contributed by atoms with van der Waals surface area (Å²) in [5, 5.41) is 9.03. The molecule has 0 heterocycles. The molecule has 0 spiro atoms. The van der Waals surface area contributed by atoms with Crippen LogP contribution in [0.5, 0.6) is 0 Å². The number of rotatable bonds is 3. The molecule has 0 amide bonds. The lowest BCUT2D eigenvalue weighted by atomic mass is 10.6. The Morgan fingerprint density at radius 2 is 1.77 bits per heavy atom. The van der Waals surface area contributed by atoms with Crippen molar-refractivity contribution in [2.45, 2.75) is 6.92 Å². The quantitative estimate of drug-likeness (QED) is 0.349. The van der Waals surface area contributed by atoms with Crippen molar-refractivity contribution >= 4 is 6.16 Å². The van der Waals surface area contributed by atoms with Crippen LogP contribution in [-0.4, -0.2) is 52.2 Å². The fourth-order valence-electron chi connectivity index (χ4n) is 0.441. The molecule has 0 bridgehead atoms. The Labute approximate surface area is 79.5 Å². The van der Waals surface area contributed by atoms with Gasteiger partial charge in [-0.15, -0.1) is 0 Å². The molecule has 0 radical (unpaired) electrons. The number of hydrogen-bond acceptors (Lipinski definition) is 4. The molecular weight excluding hydrogens is 174 g/mol. The standard InChI is InChI=1S/C6H16NO.C2H4O3/c1-5-7(2,3)6-8-4;1-5-2(3)4/h5-6H2,1-4H3;1H3,(H,3,4)/q+1;/p-1. The predicted octanol–water partition coefficient (Wildman–Crippen LogP) is -0.337. The number of carbonyl (C=O) groups excluding carboxylic acids is 1. The lowest BCUT2D eigenvalue weighted by Crippen LogP contribution is -2.40. The summed E-state index contributed by atoms with van der Waals surface area (Å²) in [7, 11) is 7.05. The summed E-state index contributed by atoms with van der Waals surface area (Å²) in [4.78, 5) is 9.03. The van der Waals surface area contributed by atoms with E-state index in [-0.39, 0.29) is 0 Å². The summed E-state index contributed by atoms with van der Waals surface area (Å²) < 4.78 is 9.47. The normalized spacial score (nSPS) is 9.92. The van der Waals surface area contributed by atoms with E-state index in [9.17, 15) is 0 Å². The first kappa shape index (κ1) is 14.7. The number of quaternary nitrogens is 1. The Bertz CT molecular complexity index is 136.